The van der Waals surface area contributed by atoms with Crippen molar-refractivity contribution in [2.45, 2.75) is 0 Å². The topological polar surface area (TPSA) is 66.5 Å². The molecule has 23 heavy (non-hydrogen) atoms. The van der Waals surface area contributed by atoms with Gasteiger partial charge in [0.1, 0.15) is 6.54 Å². The van der Waals surface area contributed by atoms with Crippen LogP contribution < -0.4 is 10.2 Å². The number of fused-ring (bicyclic) bond motifs is 1. The summed E-state index contributed by atoms with van der Waals surface area (Å²) in [7, 11) is 0. The monoisotopic (exact) mass is 392 g/mol. The van der Waals surface area contributed by atoms with Crippen LogP contribution in [0.15, 0.2) is 46.9 Å². The van der Waals surface area contributed by atoms with Crippen molar-refractivity contribution >= 4 is 56.5 Å². The zero-order valence-electron chi connectivity index (χ0n) is 11.7. The van der Waals surface area contributed by atoms with Gasteiger partial charge >= 0.3 is 0 Å². The highest BCUT2D eigenvalue weighted by molar-refractivity contribution is 9.10. The number of Topliss-reactive ketones (excluding diaryl/α,β-unsaturated/α-hetero) is 1. The van der Waals surface area contributed by atoms with Crippen LogP contribution in [0.3, 0.4) is 0 Å². The fraction of sp³-hybridized carbons (Fsp3) is 0.0625. The van der Waals surface area contributed by atoms with E-state index in [4.69, 9.17) is 11.6 Å². The summed E-state index contributed by atoms with van der Waals surface area (Å²) in [5, 5.41) is 3.14. The molecule has 2 aromatic rings. The number of halogens is 2. The number of amides is 2. The number of ketones is 1. The predicted octanol–water partition coefficient (Wildman–Crippen LogP) is 3.27. The molecule has 2 aromatic carbocycles. The van der Waals surface area contributed by atoms with Gasteiger partial charge in [-0.05, 0) is 36.4 Å². The van der Waals surface area contributed by atoms with Gasteiger partial charge in [-0.1, -0.05) is 33.6 Å². The summed E-state index contributed by atoms with van der Waals surface area (Å²) in [6.45, 7) is -0.249. The molecule has 0 fully saturated rings. The molecule has 0 atom stereocenters. The first-order valence-corrected chi connectivity index (χ1v) is 7.84. The van der Waals surface area contributed by atoms with Crippen molar-refractivity contribution in [2.24, 2.45) is 0 Å². The smallest absolute Gasteiger partial charge is 0.299 e. The Balaban J connectivity index is 1.80. The molecule has 0 aromatic heterocycles. The maximum atomic E-state index is 12.2. The second-order valence-corrected chi connectivity index (χ2v) is 6.29. The quantitative estimate of drug-likeness (QED) is 0.814. The predicted molar refractivity (Wildman–Crippen MR) is 90.9 cm³/mol. The van der Waals surface area contributed by atoms with Crippen molar-refractivity contribution < 1.29 is 14.4 Å². The van der Waals surface area contributed by atoms with E-state index in [-0.39, 0.29) is 6.54 Å². The Morgan fingerprint density at radius 2 is 1.96 bits per heavy atom. The van der Waals surface area contributed by atoms with E-state index in [0.717, 1.165) is 4.47 Å². The number of nitrogens with zero attached hydrogens (tertiary/aromatic N) is 1. The van der Waals surface area contributed by atoms with E-state index in [2.05, 4.69) is 21.2 Å². The summed E-state index contributed by atoms with van der Waals surface area (Å²) in [6, 6.07) is 11.6. The largest absolute Gasteiger partial charge is 0.324 e. The summed E-state index contributed by atoms with van der Waals surface area (Å²) in [6.07, 6.45) is 0. The lowest BCUT2D eigenvalue weighted by Gasteiger charge is -2.16. The minimum Gasteiger partial charge on any atom is -0.324 e. The summed E-state index contributed by atoms with van der Waals surface area (Å²) >= 11 is 9.16. The highest BCUT2D eigenvalue weighted by Gasteiger charge is 2.36. The molecular formula is C16H10BrClN2O3. The normalized spacial score (nSPS) is 13.2. The molecule has 2 amide bonds. The number of carbonyl (C=O) groups excluding carboxylic acids is 3. The first-order chi connectivity index (χ1) is 11.0. The number of carbonyl (C=O) groups is 3. The van der Waals surface area contributed by atoms with Crippen LogP contribution in [0, 0.1) is 0 Å². The Hall–Kier alpha value is -2.18. The Morgan fingerprint density at radius 1 is 1.17 bits per heavy atom. The fourth-order valence-electron chi connectivity index (χ4n) is 2.33. The van der Waals surface area contributed by atoms with Crippen molar-refractivity contribution in [2.75, 3.05) is 16.8 Å². The lowest BCUT2D eigenvalue weighted by Crippen LogP contribution is -2.37. The Bertz CT molecular complexity index is 838. The molecule has 0 unspecified atom stereocenters. The highest BCUT2D eigenvalue weighted by atomic mass is 79.9. The number of benzene rings is 2. The van der Waals surface area contributed by atoms with E-state index in [1.807, 2.05) is 0 Å². The van der Waals surface area contributed by atoms with Gasteiger partial charge in [0.2, 0.25) is 5.91 Å². The summed E-state index contributed by atoms with van der Waals surface area (Å²) < 4.78 is 0.721. The Kier molecular flexibility index (Phi) is 4.19. The van der Waals surface area contributed by atoms with Crippen LogP contribution in [-0.2, 0) is 9.59 Å². The van der Waals surface area contributed by atoms with E-state index in [1.165, 1.54) is 4.90 Å². The fourth-order valence-corrected chi connectivity index (χ4v) is 2.87. The number of anilines is 2. The molecule has 7 heteroatoms. The van der Waals surface area contributed by atoms with Crippen molar-refractivity contribution in [3.8, 4) is 0 Å². The van der Waals surface area contributed by atoms with Crippen LogP contribution >= 0.6 is 27.5 Å². The van der Waals surface area contributed by atoms with Gasteiger partial charge in [-0.2, -0.15) is 0 Å². The van der Waals surface area contributed by atoms with Gasteiger partial charge in [-0.25, -0.2) is 0 Å². The van der Waals surface area contributed by atoms with Gasteiger partial charge in [-0.15, -0.1) is 0 Å². The van der Waals surface area contributed by atoms with E-state index in [9.17, 15) is 14.4 Å². The highest BCUT2D eigenvalue weighted by Crippen LogP contribution is 2.31. The molecule has 0 saturated carbocycles. The van der Waals surface area contributed by atoms with E-state index in [1.54, 1.807) is 42.5 Å². The van der Waals surface area contributed by atoms with Crippen LogP contribution in [0.2, 0.25) is 5.02 Å². The third kappa shape index (κ3) is 3.13. The Morgan fingerprint density at radius 3 is 2.70 bits per heavy atom. The minimum atomic E-state index is -0.709. The van der Waals surface area contributed by atoms with E-state index in [0.29, 0.717) is 22.0 Å². The molecule has 5 nitrogen and oxygen atoms in total. The summed E-state index contributed by atoms with van der Waals surface area (Å²) in [5.41, 5.74) is 1.25. The first-order valence-electron chi connectivity index (χ1n) is 6.67. The molecule has 0 radical (unpaired) electrons. The van der Waals surface area contributed by atoms with Crippen LogP contribution in [0.4, 0.5) is 11.4 Å². The number of hydrogen-bond donors (Lipinski definition) is 1. The summed E-state index contributed by atoms with van der Waals surface area (Å²) in [5.74, 6) is -1.73. The molecule has 0 bridgehead atoms. The van der Waals surface area contributed by atoms with Gasteiger partial charge in [0.25, 0.3) is 11.7 Å². The zero-order chi connectivity index (χ0) is 16.6. The van der Waals surface area contributed by atoms with Crippen molar-refractivity contribution in [1.82, 2.24) is 0 Å². The second kappa shape index (κ2) is 6.14. The molecule has 0 spiro atoms. The van der Waals surface area contributed by atoms with Crippen LogP contribution in [-0.4, -0.2) is 24.1 Å². The minimum absolute atomic E-state index is 0.249. The summed E-state index contributed by atoms with van der Waals surface area (Å²) in [4.78, 5) is 37.3. The van der Waals surface area contributed by atoms with Gasteiger partial charge in [0.15, 0.2) is 0 Å². The van der Waals surface area contributed by atoms with Crippen molar-refractivity contribution in [3.63, 3.8) is 0 Å². The van der Waals surface area contributed by atoms with E-state index >= 15 is 0 Å². The van der Waals surface area contributed by atoms with Crippen LogP contribution in [0.1, 0.15) is 10.4 Å². The number of rotatable bonds is 3. The molecule has 1 heterocycles. The van der Waals surface area contributed by atoms with E-state index < -0.39 is 17.6 Å². The SMILES string of the molecule is O=C(CN1C(=O)C(=O)c2ccc(Br)cc21)Nc1cccc(Cl)c1. The molecule has 0 aliphatic carbocycles. The third-order valence-corrected chi connectivity index (χ3v) is 4.07. The van der Waals surface area contributed by atoms with Gasteiger partial charge < -0.3 is 5.32 Å². The molecule has 1 aliphatic rings. The molecular weight excluding hydrogens is 384 g/mol. The lowest BCUT2D eigenvalue weighted by molar-refractivity contribution is -0.118. The van der Waals surface area contributed by atoms with Gasteiger partial charge in [0.05, 0.1) is 11.3 Å². The maximum absolute atomic E-state index is 12.2. The number of hydrogen-bond acceptors (Lipinski definition) is 3. The van der Waals surface area contributed by atoms with Crippen molar-refractivity contribution in [3.05, 3.63) is 57.5 Å². The average molecular weight is 394 g/mol. The lowest BCUT2D eigenvalue weighted by atomic mass is 10.1. The Labute approximate surface area is 145 Å². The molecule has 116 valence electrons. The molecule has 1 N–H and O–H groups in total. The maximum Gasteiger partial charge on any atom is 0.299 e. The zero-order valence-corrected chi connectivity index (χ0v) is 14.0. The first kappa shape index (κ1) is 15.7. The standard InChI is InChI=1S/C16H10BrClN2O3/c17-9-4-5-12-13(6-9)20(16(23)15(12)22)8-14(21)19-11-3-1-2-10(18)7-11/h1-7H,8H2,(H,19,21). The molecule has 1 aliphatic heterocycles. The van der Waals surface area contributed by atoms with Gasteiger partial charge in [-0.3, -0.25) is 19.3 Å². The van der Waals surface area contributed by atoms with Crippen LogP contribution in [0.25, 0.3) is 0 Å². The van der Waals surface area contributed by atoms with Crippen molar-refractivity contribution in [1.29, 1.82) is 0 Å². The average Bonchev–Trinajstić information content (AvgIpc) is 2.72. The van der Waals surface area contributed by atoms with Gasteiger partial charge in [0, 0.05) is 15.2 Å². The molecule has 3 rings (SSSR count). The molecule has 0 saturated heterocycles. The van der Waals surface area contributed by atoms with Crippen LogP contribution in [0.5, 0.6) is 0 Å². The number of nitrogens with one attached hydrogen (secondary N) is 1. The second-order valence-electron chi connectivity index (χ2n) is 4.94. The third-order valence-electron chi connectivity index (χ3n) is 3.34.